The van der Waals surface area contributed by atoms with Gasteiger partial charge in [0.2, 0.25) is 11.8 Å². The molecule has 48 heavy (non-hydrogen) atoms. The maximum atomic E-state index is 13.9. The number of ether oxygens (including phenoxy) is 1. The molecule has 1 heterocycles. The van der Waals surface area contributed by atoms with Crippen LogP contribution in [0.4, 0.5) is 9.18 Å². The van der Waals surface area contributed by atoms with Crippen LogP contribution in [-0.2, 0) is 30.5 Å². The summed E-state index contributed by atoms with van der Waals surface area (Å²) >= 11 is 0. The maximum absolute atomic E-state index is 13.9. The van der Waals surface area contributed by atoms with Crippen LogP contribution in [0, 0.1) is 11.8 Å². The van der Waals surface area contributed by atoms with Crippen molar-refractivity contribution in [3.8, 4) is 0 Å². The van der Waals surface area contributed by atoms with Gasteiger partial charge in [0.05, 0.1) is 6.04 Å². The van der Waals surface area contributed by atoms with Gasteiger partial charge in [-0.25, -0.2) is 9.18 Å². The van der Waals surface area contributed by atoms with Crippen LogP contribution >= 0.6 is 0 Å². The third-order valence-corrected chi connectivity index (χ3v) is 7.94. The minimum absolute atomic E-state index is 0.00341. The molecule has 3 amide bonds. The van der Waals surface area contributed by atoms with Crippen LogP contribution in [0.2, 0.25) is 0 Å². The van der Waals surface area contributed by atoms with E-state index in [9.17, 15) is 28.4 Å². The largest absolute Gasteiger partial charge is 0.445 e. The third kappa shape index (κ3) is 13.5. The number of hydrogen-bond acceptors (Lipinski definition) is 8. The lowest BCUT2D eigenvalue weighted by Gasteiger charge is -2.31. The Labute approximate surface area is 280 Å². The number of likely N-dealkylation sites (tertiary alicyclic amines) is 1. The number of hydrogen-bond donors (Lipinski definition) is 6. The van der Waals surface area contributed by atoms with E-state index < -0.39 is 54.4 Å². The molecule has 0 bridgehead atoms. The number of ketones is 2. The fraction of sp³-hybridized carbons (Fsp3) is 0.594. The van der Waals surface area contributed by atoms with Crippen molar-refractivity contribution in [2.45, 2.75) is 83.5 Å². The molecule has 16 heteroatoms. The number of halogens is 1. The van der Waals surface area contributed by atoms with Crippen LogP contribution in [0.15, 0.2) is 40.3 Å². The van der Waals surface area contributed by atoms with Crippen LogP contribution in [0.1, 0.15) is 64.4 Å². The summed E-state index contributed by atoms with van der Waals surface area (Å²) in [5.41, 5.74) is 22.3. The Bertz CT molecular complexity index is 1290. The van der Waals surface area contributed by atoms with Gasteiger partial charge >= 0.3 is 6.09 Å². The van der Waals surface area contributed by atoms with E-state index in [1.165, 1.54) is 4.90 Å². The number of alkyl halides is 1. The number of rotatable bonds is 20. The summed E-state index contributed by atoms with van der Waals surface area (Å²) in [7, 11) is 0. The van der Waals surface area contributed by atoms with E-state index >= 15 is 0 Å². The summed E-state index contributed by atoms with van der Waals surface area (Å²) < 4.78 is 18.6. The topological polar surface area (TPSA) is 251 Å². The molecule has 4 atom stereocenters. The molecule has 1 aliphatic rings. The van der Waals surface area contributed by atoms with Crippen molar-refractivity contribution in [1.29, 1.82) is 0 Å². The minimum Gasteiger partial charge on any atom is -0.445 e. The molecule has 1 saturated heterocycles. The van der Waals surface area contributed by atoms with Gasteiger partial charge in [0.25, 0.3) is 0 Å². The molecular weight excluding hydrogens is 625 g/mol. The summed E-state index contributed by atoms with van der Waals surface area (Å²) in [6.07, 6.45) is 0.851. The zero-order valence-corrected chi connectivity index (χ0v) is 27.7. The molecule has 0 aliphatic carbocycles. The molecule has 266 valence electrons. The molecule has 15 nitrogen and oxygen atoms in total. The molecule has 2 rings (SSSR count). The van der Waals surface area contributed by atoms with E-state index in [1.54, 1.807) is 26.0 Å². The molecule has 1 aromatic rings. The highest BCUT2D eigenvalue weighted by Gasteiger charge is 2.39. The van der Waals surface area contributed by atoms with Crippen LogP contribution in [0.5, 0.6) is 0 Å². The number of aliphatic imine (C=N–C) groups is 2. The Morgan fingerprint density at radius 2 is 1.58 bits per heavy atom. The highest BCUT2D eigenvalue weighted by molar-refractivity contribution is 5.96. The first-order chi connectivity index (χ1) is 22.8. The Morgan fingerprint density at radius 3 is 2.17 bits per heavy atom. The normalized spacial score (nSPS) is 15.9. The Hall–Kier alpha value is -4.76. The van der Waals surface area contributed by atoms with E-state index in [0.29, 0.717) is 25.7 Å². The molecule has 0 aromatic heterocycles. The van der Waals surface area contributed by atoms with Crippen molar-refractivity contribution >= 4 is 41.4 Å². The minimum atomic E-state index is -1.22. The molecule has 10 N–H and O–H groups in total. The number of guanidine groups is 2. The van der Waals surface area contributed by atoms with Crippen molar-refractivity contribution in [1.82, 2.24) is 15.5 Å². The zero-order chi connectivity index (χ0) is 35.6. The molecule has 0 spiro atoms. The fourth-order valence-corrected chi connectivity index (χ4v) is 5.43. The summed E-state index contributed by atoms with van der Waals surface area (Å²) in [6, 6.07) is 6.07. The number of nitrogens with two attached hydrogens (primary N) is 4. The van der Waals surface area contributed by atoms with Crippen molar-refractivity contribution in [2.24, 2.45) is 44.8 Å². The summed E-state index contributed by atoms with van der Waals surface area (Å²) in [5.74, 6) is -3.68. The van der Waals surface area contributed by atoms with Crippen molar-refractivity contribution in [3.05, 3.63) is 35.9 Å². The summed E-state index contributed by atoms with van der Waals surface area (Å²) in [6.45, 7) is 2.91. The average Bonchev–Trinajstić information content (AvgIpc) is 3.55. The molecule has 1 fully saturated rings. The van der Waals surface area contributed by atoms with Gasteiger partial charge in [-0.3, -0.25) is 29.2 Å². The molecule has 1 aromatic carbocycles. The second-order valence-corrected chi connectivity index (χ2v) is 12.0. The van der Waals surface area contributed by atoms with Gasteiger partial charge in [0.1, 0.15) is 25.4 Å². The highest BCUT2D eigenvalue weighted by Crippen LogP contribution is 2.25. The number of carbonyl (C=O) groups excluding carboxylic acids is 5. The monoisotopic (exact) mass is 675 g/mol. The van der Waals surface area contributed by atoms with Crippen molar-refractivity contribution in [2.75, 3.05) is 26.3 Å². The third-order valence-electron chi connectivity index (χ3n) is 7.94. The number of benzene rings is 1. The van der Waals surface area contributed by atoms with E-state index in [4.69, 9.17) is 27.7 Å². The van der Waals surface area contributed by atoms with Crippen molar-refractivity contribution in [3.63, 3.8) is 0 Å². The fourth-order valence-electron chi connectivity index (χ4n) is 5.43. The number of carbonyl (C=O) groups is 5. The number of nitrogens with zero attached hydrogens (tertiary/aromatic N) is 3. The van der Waals surface area contributed by atoms with Crippen LogP contribution in [0.25, 0.3) is 0 Å². The molecule has 1 aliphatic heterocycles. The Balaban J connectivity index is 2.17. The van der Waals surface area contributed by atoms with Crippen LogP contribution < -0.4 is 33.6 Å². The van der Waals surface area contributed by atoms with Gasteiger partial charge in [-0.2, -0.15) is 0 Å². The molecule has 0 saturated carbocycles. The average molecular weight is 676 g/mol. The lowest BCUT2D eigenvalue weighted by atomic mass is 9.90. The predicted molar refractivity (Wildman–Crippen MR) is 179 cm³/mol. The van der Waals surface area contributed by atoms with E-state index in [2.05, 4.69) is 20.6 Å². The van der Waals surface area contributed by atoms with Gasteiger partial charge < -0.3 is 43.2 Å². The standard InChI is InChI=1S/C32H50FN9O6/c1-20(2)27(41-32(47)48-19-21-9-4-3-5-10-21)28(45)40-23(12-7-15-39-31(36)37)29(46)42-16-8-13-24(42)25(43)17-22(26(44)18-33)11-6-14-38-30(34)35/h3-5,9-10,20,22-24,27H,6-8,11-19H2,1-2H3,(H,40,45)(H,41,47)(H4,34,35,38)(H4,36,37,39)/t22-,23+,24+,27+/m1/s1. The number of nitrogens with one attached hydrogen (secondary N) is 2. The summed E-state index contributed by atoms with van der Waals surface area (Å²) in [5, 5.41) is 5.34. The Kier molecular flexibility index (Phi) is 16.8. The first-order valence-corrected chi connectivity index (χ1v) is 16.1. The smallest absolute Gasteiger partial charge is 0.408 e. The zero-order valence-electron chi connectivity index (χ0n) is 27.7. The highest BCUT2D eigenvalue weighted by atomic mass is 19.1. The lowest BCUT2D eigenvalue weighted by Crippen LogP contribution is -2.57. The Morgan fingerprint density at radius 1 is 0.958 bits per heavy atom. The van der Waals surface area contributed by atoms with E-state index in [1.807, 2.05) is 18.2 Å². The quantitative estimate of drug-likeness (QED) is 0.0639. The second-order valence-electron chi connectivity index (χ2n) is 12.0. The number of amides is 3. The van der Waals surface area contributed by atoms with Gasteiger partial charge in [0.15, 0.2) is 23.5 Å². The van der Waals surface area contributed by atoms with Gasteiger partial charge in [-0.1, -0.05) is 44.2 Å². The SMILES string of the molecule is CC(C)[C@H](NC(=O)OCc1ccccc1)C(=O)N[C@@H](CCCN=C(N)N)C(=O)N1CCC[C@H]1C(=O)C[C@@H](CCCN=C(N)N)C(=O)CF. The van der Waals surface area contributed by atoms with Gasteiger partial charge in [-0.05, 0) is 50.0 Å². The lowest BCUT2D eigenvalue weighted by molar-refractivity contribution is -0.142. The van der Waals surface area contributed by atoms with E-state index in [0.717, 1.165) is 5.56 Å². The van der Waals surface area contributed by atoms with Crippen LogP contribution in [0.3, 0.4) is 0 Å². The number of alkyl carbamates (subject to hydrolysis) is 1. The second kappa shape index (κ2) is 20.5. The maximum Gasteiger partial charge on any atom is 0.408 e. The first-order valence-electron chi connectivity index (χ1n) is 16.1. The summed E-state index contributed by atoms with van der Waals surface area (Å²) in [4.78, 5) is 75.1. The number of Topliss-reactive ketones (excluding diaryl/α,β-unsaturated/α-hetero) is 2. The van der Waals surface area contributed by atoms with Gasteiger partial charge in [0, 0.05) is 32.0 Å². The molecule has 0 unspecified atom stereocenters. The van der Waals surface area contributed by atoms with E-state index in [-0.39, 0.29) is 69.1 Å². The van der Waals surface area contributed by atoms with Crippen molar-refractivity contribution < 1.29 is 33.1 Å². The van der Waals surface area contributed by atoms with Crippen LogP contribution in [-0.4, -0.2) is 90.7 Å². The first kappa shape index (κ1) is 39.4. The molecular formula is C32H50FN9O6. The molecule has 0 radical (unpaired) electrons. The van der Waals surface area contributed by atoms with Gasteiger partial charge in [-0.15, -0.1) is 0 Å². The predicted octanol–water partition coefficient (Wildman–Crippen LogP) is 0.634.